The molecule has 2 aromatic rings. The predicted octanol–water partition coefficient (Wildman–Crippen LogP) is 3.97. The van der Waals surface area contributed by atoms with Crippen LogP contribution in [0.2, 0.25) is 0 Å². The molecule has 2 aromatic carbocycles. The molecule has 0 radical (unpaired) electrons. The molecular formula is C16H18N2S. The standard InChI is InChI=1S/C16H18N2S/c1-19-12-8-6-11(7-9-12)18-16-10-15(17)13-4-2-3-5-14(13)16/h2-9,15-16,18H,10,17H2,1H3. The first-order valence-corrected chi connectivity index (χ1v) is 7.75. The van der Waals surface area contributed by atoms with Crippen molar-refractivity contribution in [3.63, 3.8) is 0 Å². The molecule has 3 N–H and O–H groups in total. The largest absolute Gasteiger partial charge is 0.378 e. The molecule has 0 bridgehead atoms. The third-order valence-corrected chi connectivity index (χ3v) is 4.44. The van der Waals surface area contributed by atoms with E-state index in [0.29, 0.717) is 6.04 Å². The summed E-state index contributed by atoms with van der Waals surface area (Å²) in [7, 11) is 0. The molecule has 1 aliphatic rings. The van der Waals surface area contributed by atoms with E-state index in [2.05, 4.69) is 60.1 Å². The maximum atomic E-state index is 6.19. The summed E-state index contributed by atoms with van der Waals surface area (Å²) in [6.45, 7) is 0. The van der Waals surface area contributed by atoms with Crippen LogP contribution in [0.1, 0.15) is 29.6 Å². The van der Waals surface area contributed by atoms with E-state index >= 15 is 0 Å². The second-order valence-electron chi connectivity index (χ2n) is 4.90. The van der Waals surface area contributed by atoms with Crippen molar-refractivity contribution in [1.82, 2.24) is 0 Å². The molecule has 0 saturated carbocycles. The smallest absolute Gasteiger partial charge is 0.0535 e. The number of hydrogen-bond donors (Lipinski definition) is 2. The highest BCUT2D eigenvalue weighted by Crippen LogP contribution is 2.39. The summed E-state index contributed by atoms with van der Waals surface area (Å²) in [6.07, 6.45) is 3.05. The molecule has 98 valence electrons. The van der Waals surface area contributed by atoms with E-state index in [-0.39, 0.29) is 6.04 Å². The number of nitrogens with two attached hydrogens (primary N) is 1. The molecule has 3 rings (SSSR count). The summed E-state index contributed by atoms with van der Waals surface area (Å²) in [4.78, 5) is 1.29. The van der Waals surface area contributed by atoms with E-state index in [1.807, 2.05) is 0 Å². The van der Waals surface area contributed by atoms with Crippen LogP contribution >= 0.6 is 11.8 Å². The van der Waals surface area contributed by atoms with Gasteiger partial charge >= 0.3 is 0 Å². The Morgan fingerprint density at radius 2 is 1.74 bits per heavy atom. The molecule has 0 aliphatic heterocycles. The fourth-order valence-electron chi connectivity index (χ4n) is 2.70. The third-order valence-electron chi connectivity index (χ3n) is 3.69. The van der Waals surface area contributed by atoms with Crippen LogP contribution in [0.15, 0.2) is 53.4 Å². The first kappa shape index (κ1) is 12.6. The van der Waals surface area contributed by atoms with Gasteiger partial charge in [0.2, 0.25) is 0 Å². The molecule has 0 amide bonds. The first-order chi connectivity index (χ1) is 9.28. The Labute approximate surface area is 118 Å². The van der Waals surface area contributed by atoms with Crippen LogP contribution in [-0.4, -0.2) is 6.26 Å². The van der Waals surface area contributed by atoms with Gasteiger partial charge in [-0.2, -0.15) is 0 Å². The number of fused-ring (bicyclic) bond motifs is 1. The number of rotatable bonds is 3. The van der Waals surface area contributed by atoms with Crippen molar-refractivity contribution in [2.45, 2.75) is 23.4 Å². The van der Waals surface area contributed by atoms with E-state index in [0.717, 1.165) is 12.1 Å². The molecule has 3 heteroatoms. The van der Waals surface area contributed by atoms with Gasteiger partial charge in [-0.25, -0.2) is 0 Å². The Morgan fingerprint density at radius 3 is 2.42 bits per heavy atom. The number of benzene rings is 2. The minimum Gasteiger partial charge on any atom is -0.378 e. The summed E-state index contributed by atoms with van der Waals surface area (Å²) < 4.78 is 0. The Morgan fingerprint density at radius 1 is 1.05 bits per heavy atom. The zero-order valence-electron chi connectivity index (χ0n) is 11.0. The summed E-state index contributed by atoms with van der Waals surface area (Å²) in [5, 5.41) is 3.59. The Balaban J connectivity index is 1.81. The van der Waals surface area contributed by atoms with E-state index in [4.69, 9.17) is 5.73 Å². The van der Waals surface area contributed by atoms with Crippen LogP contribution in [-0.2, 0) is 0 Å². The van der Waals surface area contributed by atoms with Gasteiger partial charge in [0.25, 0.3) is 0 Å². The quantitative estimate of drug-likeness (QED) is 0.829. The lowest BCUT2D eigenvalue weighted by Gasteiger charge is -2.15. The van der Waals surface area contributed by atoms with Gasteiger partial charge in [-0.1, -0.05) is 24.3 Å². The van der Waals surface area contributed by atoms with Gasteiger partial charge < -0.3 is 11.1 Å². The molecule has 0 saturated heterocycles. The maximum absolute atomic E-state index is 6.19. The van der Waals surface area contributed by atoms with Gasteiger partial charge in [0.15, 0.2) is 0 Å². The van der Waals surface area contributed by atoms with E-state index in [1.165, 1.54) is 16.0 Å². The Kier molecular flexibility index (Phi) is 3.49. The third kappa shape index (κ3) is 2.48. The minimum atomic E-state index is 0.152. The molecule has 2 unspecified atom stereocenters. The SMILES string of the molecule is CSc1ccc(NC2CC(N)c3ccccc32)cc1. The zero-order chi connectivity index (χ0) is 13.2. The average Bonchev–Trinajstić information content (AvgIpc) is 2.77. The molecule has 1 aliphatic carbocycles. The molecule has 0 heterocycles. The van der Waals surface area contributed by atoms with Crippen molar-refractivity contribution in [3.05, 3.63) is 59.7 Å². The van der Waals surface area contributed by atoms with Crippen molar-refractivity contribution < 1.29 is 0 Å². The van der Waals surface area contributed by atoms with Crippen molar-refractivity contribution >= 4 is 17.4 Å². The number of nitrogens with one attached hydrogen (secondary N) is 1. The second-order valence-corrected chi connectivity index (χ2v) is 5.78. The summed E-state index contributed by atoms with van der Waals surface area (Å²) in [5.41, 5.74) is 9.97. The van der Waals surface area contributed by atoms with Gasteiger partial charge in [0.1, 0.15) is 0 Å². The zero-order valence-corrected chi connectivity index (χ0v) is 11.8. The highest BCUT2D eigenvalue weighted by molar-refractivity contribution is 7.98. The molecule has 2 nitrogen and oxygen atoms in total. The van der Waals surface area contributed by atoms with Crippen molar-refractivity contribution in [1.29, 1.82) is 0 Å². The second kappa shape index (κ2) is 5.27. The van der Waals surface area contributed by atoms with Crippen molar-refractivity contribution in [3.8, 4) is 0 Å². The van der Waals surface area contributed by atoms with Crippen LogP contribution in [0.3, 0.4) is 0 Å². The normalized spacial score (nSPS) is 21.2. The van der Waals surface area contributed by atoms with Crippen LogP contribution < -0.4 is 11.1 Å². The Bertz CT molecular complexity index is 565. The summed E-state index contributed by atoms with van der Waals surface area (Å²) in [6, 6.07) is 17.5. The number of thioether (sulfide) groups is 1. The first-order valence-electron chi connectivity index (χ1n) is 6.53. The van der Waals surface area contributed by atoms with Crippen LogP contribution in [0.25, 0.3) is 0 Å². The lowest BCUT2D eigenvalue weighted by molar-refractivity contribution is 0.648. The topological polar surface area (TPSA) is 38.0 Å². The lowest BCUT2D eigenvalue weighted by Crippen LogP contribution is -2.09. The fraction of sp³-hybridized carbons (Fsp3) is 0.250. The van der Waals surface area contributed by atoms with Gasteiger partial charge in [-0.05, 0) is 48.1 Å². The monoisotopic (exact) mass is 270 g/mol. The predicted molar refractivity (Wildman–Crippen MR) is 82.6 cm³/mol. The summed E-state index contributed by atoms with van der Waals surface area (Å²) >= 11 is 1.76. The Hall–Kier alpha value is -1.45. The number of hydrogen-bond acceptors (Lipinski definition) is 3. The molecule has 2 atom stereocenters. The van der Waals surface area contributed by atoms with E-state index in [9.17, 15) is 0 Å². The van der Waals surface area contributed by atoms with Gasteiger partial charge in [0.05, 0.1) is 6.04 Å². The minimum absolute atomic E-state index is 0.152. The summed E-state index contributed by atoms with van der Waals surface area (Å²) in [5.74, 6) is 0. The van der Waals surface area contributed by atoms with Crippen LogP contribution in [0.4, 0.5) is 5.69 Å². The van der Waals surface area contributed by atoms with Gasteiger partial charge in [-0.15, -0.1) is 11.8 Å². The molecule has 19 heavy (non-hydrogen) atoms. The molecule has 0 spiro atoms. The van der Waals surface area contributed by atoms with E-state index < -0.39 is 0 Å². The average molecular weight is 270 g/mol. The molecular weight excluding hydrogens is 252 g/mol. The van der Waals surface area contributed by atoms with Gasteiger partial charge in [0, 0.05) is 16.6 Å². The van der Waals surface area contributed by atoms with Crippen molar-refractivity contribution in [2.75, 3.05) is 11.6 Å². The number of anilines is 1. The highest BCUT2D eigenvalue weighted by atomic mass is 32.2. The highest BCUT2D eigenvalue weighted by Gasteiger charge is 2.27. The fourth-order valence-corrected chi connectivity index (χ4v) is 3.11. The molecule has 0 fully saturated rings. The van der Waals surface area contributed by atoms with E-state index in [1.54, 1.807) is 11.8 Å². The maximum Gasteiger partial charge on any atom is 0.0535 e. The lowest BCUT2D eigenvalue weighted by atomic mass is 10.1. The van der Waals surface area contributed by atoms with Gasteiger partial charge in [-0.3, -0.25) is 0 Å². The van der Waals surface area contributed by atoms with Crippen LogP contribution in [0, 0.1) is 0 Å². The van der Waals surface area contributed by atoms with Crippen molar-refractivity contribution in [2.24, 2.45) is 5.73 Å². The molecule has 0 aromatic heterocycles. The van der Waals surface area contributed by atoms with Crippen LogP contribution in [0.5, 0.6) is 0 Å².